The molecule has 0 N–H and O–H groups in total. The Kier molecular flexibility index (Phi) is 4.86. The van der Waals surface area contributed by atoms with Crippen molar-refractivity contribution in [1.29, 1.82) is 0 Å². The molecule has 2 aromatic carbocycles. The molecule has 6 nitrogen and oxygen atoms in total. The van der Waals surface area contributed by atoms with Crippen molar-refractivity contribution in [2.24, 2.45) is 5.92 Å². The molecule has 2 aliphatic heterocycles. The molecule has 0 aromatic heterocycles. The fourth-order valence-corrected chi connectivity index (χ4v) is 4.19. The lowest BCUT2D eigenvalue weighted by Crippen LogP contribution is -2.54. The van der Waals surface area contributed by atoms with Crippen molar-refractivity contribution in [1.82, 2.24) is 9.80 Å². The summed E-state index contributed by atoms with van der Waals surface area (Å²) in [5, 5.41) is 0. The molecule has 6 heteroatoms. The van der Waals surface area contributed by atoms with Crippen LogP contribution in [0.15, 0.2) is 42.5 Å². The van der Waals surface area contributed by atoms with E-state index in [4.69, 9.17) is 4.74 Å². The predicted octanol–water partition coefficient (Wildman–Crippen LogP) is 2.90. The van der Waals surface area contributed by atoms with Gasteiger partial charge in [-0.15, -0.1) is 0 Å². The van der Waals surface area contributed by atoms with E-state index in [1.165, 1.54) is 5.56 Å². The largest absolute Gasteiger partial charge is 0.497 e. The van der Waals surface area contributed by atoms with Crippen LogP contribution < -0.4 is 4.74 Å². The number of amides is 3. The van der Waals surface area contributed by atoms with Crippen LogP contribution in [0.1, 0.15) is 45.7 Å². The molecule has 0 aliphatic carbocycles. The Morgan fingerprint density at radius 2 is 1.66 bits per heavy atom. The second kappa shape index (κ2) is 7.35. The summed E-state index contributed by atoms with van der Waals surface area (Å²) in [6.45, 7) is 4.74. The Morgan fingerprint density at radius 1 is 1.00 bits per heavy atom. The van der Waals surface area contributed by atoms with Gasteiger partial charge in [-0.2, -0.15) is 0 Å². The Balaban J connectivity index is 1.62. The number of carbonyl (C=O) groups excluding carboxylic acids is 3. The first-order chi connectivity index (χ1) is 13.9. The van der Waals surface area contributed by atoms with Crippen molar-refractivity contribution in [3.8, 4) is 5.75 Å². The molecule has 2 aliphatic rings. The Hall–Kier alpha value is -3.15. The van der Waals surface area contributed by atoms with Gasteiger partial charge in [0.05, 0.1) is 18.2 Å². The van der Waals surface area contributed by atoms with Crippen LogP contribution in [0.4, 0.5) is 0 Å². The summed E-state index contributed by atoms with van der Waals surface area (Å²) in [5.74, 6) is -0.424. The minimum absolute atomic E-state index is 0.192. The van der Waals surface area contributed by atoms with Gasteiger partial charge in [-0.25, -0.2) is 0 Å². The molecule has 0 spiro atoms. The molecule has 1 unspecified atom stereocenters. The van der Waals surface area contributed by atoms with Crippen molar-refractivity contribution in [3.63, 3.8) is 0 Å². The van der Waals surface area contributed by atoms with Crippen LogP contribution in [0, 0.1) is 5.92 Å². The molecule has 150 valence electrons. The number of hydrogen-bond acceptors (Lipinski definition) is 4. The van der Waals surface area contributed by atoms with E-state index >= 15 is 0 Å². The Morgan fingerprint density at radius 3 is 2.24 bits per heavy atom. The number of nitrogens with zero attached hydrogens (tertiary/aromatic N) is 2. The minimum atomic E-state index is -0.824. The molecule has 29 heavy (non-hydrogen) atoms. The first-order valence-corrected chi connectivity index (χ1v) is 9.84. The van der Waals surface area contributed by atoms with E-state index in [-0.39, 0.29) is 11.8 Å². The molecule has 2 aromatic rings. The van der Waals surface area contributed by atoms with Crippen LogP contribution in [0.2, 0.25) is 0 Å². The summed E-state index contributed by atoms with van der Waals surface area (Å²) in [4.78, 5) is 42.3. The van der Waals surface area contributed by atoms with Crippen LogP contribution in [0.25, 0.3) is 0 Å². The van der Waals surface area contributed by atoms with Gasteiger partial charge in [-0.1, -0.05) is 32.0 Å². The lowest BCUT2D eigenvalue weighted by atomic mass is 9.96. The summed E-state index contributed by atoms with van der Waals surface area (Å²) in [5.41, 5.74) is 2.96. The summed E-state index contributed by atoms with van der Waals surface area (Å²) in [6, 6.07) is 11.8. The maximum Gasteiger partial charge on any atom is 0.262 e. The van der Waals surface area contributed by atoms with E-state index in [1.807, 2.05) is 32.0 Å². The van der Waals surface area contributed by atoms with E-state index < -0.39 is 17.9 Å². The van der Waals surface area contributed by atoms with Crippen molar-refractivity contribution >= 4 is 17.7 Å². The van der Waals surface area contributed by atoms with Crippen molar-refractivity contribution < 1.29 is 19.1 Å². The maximum absolute atomic E-state index is 13.5. The molecule has 0 fully saturated rings. The molecule has 0 radical (unpaired) electrons. The highest BCUT2D eigenvalue weighted by Crippen LogP contribution is 2.30. The third-order valence-corrected chi connectivity index (χ3v) is 5.73. The third kappa shape index (κ3) is 3.18. The van der Waals surface area contributed by atoms with Gasteiger partial charge in [-0.3, -0.25) is 19.3 Å². The van der Waals surface area contributed by atoms with Gasteiger partial charge >= 0.3 is 0 Å². The molecule has 4 rings (SSSR count). The van der Waals surface area contributed by atoms with E-state index in [0.29, 0.717) is 24.2 Å². The molecular weight excluding hydrogens is 368 g/mol. The van der Waals surface area contributed by atoms with Gasteiger partial charge in [0, 0.05) is 13.1 Å². The SMILES string of the molecule is COc1ccc2c(c1)CN(C(=O)C(C(C)C)N1C(=O)c3ccccc3C1=O)CC2. The first-order valence-electron chi connectivity index (χ1n) is 9.84. The van der Waals surface area contributed by atoms with Crippen LogP contribution >= 0.6 is 0 Å². The Labute approximate surface area is 170 Å². The average Bonchev–Trinajstić information content (AvgIpc) is 2.98. The van der Waals surface area contributed by atoms with Gasteiger partial charge in [0.1, 0.15) is 11.8 Å². The second-order valence-electron chi connectivity index (χ2n) is 7.86. The lowest BCUT2D eigenvalue weighted by Gasteiger charge is -2.36. The number of fused-ring (bicyclic) bond motifs is 2. The van der Waals surface area contributed by atoms with Crippen molar-refractivity contribution in [3.05, 3.63) is 64.7 Å². The lowest BCUT2D eigenvalue weighted by molar-refractivity contribution is -0.137. The normalized spacial score (nSPS) is 16.7. The number of methoxy groups -OCH3 is 1. The number of carbonyl (C=O) groups is 3. The van der Waals surface area contributed by atoms with E-state index in [1.54, 1.807) is 36.3 Å². The summed E-state index contributed by atoms with van der Waals surface area (Å²) < 4.78 is 5.31. The third-order valence-electron chi connectivity index (χ3n) is 5.73. The zero-order valence-corrected chi connectivity index (χ0v) is 16.8. The molecule has 1 atom stereocenters. The molecule has 3 amide bonds. The molecule has 0 saturated carbocycles. The van der Waals surface area contributed by atoms with Crippen LogP contribution in [-0.2, 0) is 17.8 Å². The van der Waals surface area contributed by atoms with Crippen molar-refractivity contribution in [2.75, 3.05) is 13.7 Å². The standard InChI is InChI=1S/C23H24N2O4/c1-14(2)20(25-21(26)18-6-4-5-7-19(18)22(25)27)23(28)24-11-10-15-8-9-17(29-3)12-16(15)13-24/h4-9,12,14,20H,10-11,13H2,1-3H3. The van der Waals surface area contributed by atoms with Gasteiger partial charge in [-0.05, 0) is 47.7 Å². The highest BCUT2D eigenvalue weighted by atomic mass is 16.5. The topological polar surface area (TPSA) is 66.9 Å². The summed E-state index contributed by atoms with van der Waals surface area (Å²) >= 11 is 0. The zero-order chi connectivity index (χ0) is 20.7. The van der Waals surface area contributed by atoms with E-state index in [9.17, 15) is 14.4 Å². The molecule has 2 heterocycles. The second-order valence-corrected chi connectivity index (χ2v) is 7.86. The number of imide groups is 1. The van der Waals surface area contributed by atoms with Gasteiger partial charge in [0.2, 0.25) is 5.91 Å². The quantitative estimate of drug-likeness (QED) is 0.751. The number of benzene rings is 2. The van der Waals surface area contributed by atoms with Crippen LogP contribution in [0.5, 0.6) is 5.75 Å². The van der Waals surface area contributed by atoms with Crippen LogP contribution in [-0.4, -0.2) is 47.2 Å². The van der Waals surface area contributed by atoms with Gasteiger partial charge in [0.15, 0.2) is 0 Å². The fourth-order valence-electron chi connectivity index (χ4n) is 4.19. The first kappa shape index (κ1) is 19.2. The summed E-state index contributed by atoms with van der Waals surface area (Å²) in [7, 11) is 1.62. The molecular formula is C23H24N2O4. The highest BCUT2D eigenvalue weighted by molar-refractivity contribution is 6.22. The van der Waals surface area contributed by atoms with Gasteiger partial charge < -0.3 is 9.64 Å². The molecule has 0 saturated heterocycles. The zero-order valence-electron chi connectivity index (χ0n) is 16.8. The smallest absolute Gasteiger partial charge is 0.262 e. The van der Waals surface area contributed by atoms with Crippen molar-refractivity contribution in [2.45, 2.75) is 32.9 Å². The monoisotopic (exact) mass is 392 g/mol. The maximum atomic E-state index is 13.5. The Bertz CT molecular complexity index is 963. The fraction of sp³-hybridized carbons (Fsp3) is 0.348. The minimum Gasteiger partial charge on any atom is -0.497 e. The number of rotatable bonds is 4. The molecule has 0 bridgehead atoms. The van der Waals surface area contributed by atoms with Crippen LogP contribution in [0.3, 0.4) is 0 Å². The van der Waals surface area contributed by atoms with E-state index in [0.717, 1.165) is 22.6 Å². The summed E-state index contributed by atoms with van der Waals surface area (Å²) in [6.07, 6.45) is 0.734. The number of hydrogen-bond donors (Lipinski definition) is 0. The highest BCUT2D eigenvalue weighted by Gasteiger charge is 2.45. The predicted molar refractivity (Wildman–Crippen MR) is 108 cm³/mol. The number of ether oxygens (including phenoxy) is 1. The van der Waals surface area contributed by atoms with Gasteiger partial charge in [0.25, 0.3) is 11.8 Å². The van der Waals surface area contributed by atoms with E-state index in [2.05, 4.69) is 0 Å². The average molecular weight is 392 g/mol.